The first kappa shape index (κ1) is 15.1. The maximum absolute atomic E-state index is 10.7. The molecule has 0 unspecified atom stereocenters. The molecular weight excluding hydrogens is 234 g/mol. The summed E-state index contributed by atoms with van der Waals surface area (Å²) in [5.41, 5.74) is 0.197. The predicted molar refractivity (Wildman–Crippen MR) is 59.9 cm³/mol. The monoisotopic (exact) mass is 251 g/mol. The Kier molecular flexibility index (Phi) is 5.63. The van der Waals surface area contributed by atoms with Gasteiger partial charge in [-0.25, -0.2) is 4.79 Å². The Morgan fingerprint density at radius 2 is 1.81 bits per heavy atom. The molecule has 0 rings (SSSR count). The molecule has 0 spiro atoms. The van der Waals surface area contributed by atoms with Gasteiger partial charge in [0.25, 0.3) is 10.1 Å². The van der Waals surface area contributed by atoms with Crippen LogP contribution in [0.25, 0.3) is 0 Å². The molecule has 0 saturated heterocycles. The maximum Gasteiger partial charge on any atom is 0.331 e. The molecule has 0 bridgehead atoms. The van der Waals surface area contributed by atoms with E-state index >= 15 is 0 Å². The van der Waals surface area contributed by atoms with Crippen LogP contribution in [0.15, 0.2) is 11.1 Å². The standard InChI is InChI=1S/C9H17NO5S/c1-7(9(11)12)8(4-5-10(2)3)6-16(13,14)15/h4-6H2,1-3H3,(H,11,12)(H,13,14,15). The normalized spacial score (nSPS) is 13.8. The molecule has 0 amide bonds. The summed E-state index contributed by atoms with van der Waals surface area (Å²) in [5.74, 6) is -1.80. The lowest BCUT2D eigenvalue weighted by atomic mass is 10.1. The van der Waals surface area contributed by atoms with Gasteiger partial charge in [-0.15, -0.1) is 0 Å². The summed E-state index contributed by atoms with van der Waals surface area (Å²) >= 11 is 0. The summed E-state index contributed by atoms with van der Waals surface area (Å²) in [6.45, 7) is 1.86. The molecule has 0 aromatic rings. The number of hydrogen-bond acceptors (Lipinski definition) is 4. The Morgan fingerprint density at radius 3 is 2.12 bits per heavy atom. The minimum atomic E-state index is -4.19. The molecule has 0 aromatic carbocycles. The van der Waals surface area contributed by atoms with Crippen LogP contribution >= 0.6 is 0 Å². The molecule has 7 heteroatoms. The average molecular weight is 251 g/mol. The molecule has 16 heavy (non-hydrogen) atoms. The second-order valence-corrected chi connectivity index (χ2v) is 5.27. The van der Waals surface area contributed by atoms with Gasteiger partial charge in [-0.1, -0.05) is 0 Å². The summed E-state index contributed by atoms with van der Waals surface area (Å²) in [5, 5.41) is 8.77. The van der Waals surface area contributed by atoms with Crippen molar-refractivity contribution in [2.24, 2.45) is 0 Å². The Hall–Kier alpha value is -0.920. The first-order valence-corrected chi connectivity index (χ1v) is 6.26. The topological polar surface area (TPSA) is 94.9 Å². The fraction of sp³-hybridized carbons (Fsp3) is 0.667. The summed E-state index contributed by atoms with van der Waals surface area (Å²) < 4.78 is 30.2. The van der Waals surface area contributed by atoms with Gasteiger partial charge in [0.1, 0.15) is 0 Å². The van der Waals surface area contributed by atoms with Crippen molar-refractivity contribution in [2.45, 2.75) is 13.3 Å². The van der Waals surface area contributed by atoms with E-state index in [0.29, 0.717) is 13.0 Å². The first-order chi connectivity index (χ1) is 7.13. The van der Waals surface area contributed by atoms with Crippen molar-refractivity contribution in [3.63, 3.8) is 0 Å². The Bertz CT molecular complexity index is 383. The SMILES string of the molecule is CC(C(=O)O)=C(CCN(C)C)CS(=O)(=O)O. The molecular formula is C9H17NO5S. The zero-order valence-electron chi connectivity index (χ0n) is 9.60. The second kappa shape index (κ2) is 5.97. The summed E-state index contributed by atoms with van der Waals surface area (Å²) in [7, 11) is -0.604. The Balaban J connectivity index is 4.92. The number of rotatable bonds is 6. The van der Waals surface area contributed by atoms with E-state index in [4.69, 9.17) is 9.66 Å². The molecule has 0 fully saturated rings. The zero-order valence-corrected chi connectivity index (χ0v) is 10.4. The largest absolute Gasteiger partial charge is 0.478 e. The van der Waals surface area contributed by atoms with E-state index in [-0.39, 0.29) is 11.1 Å². The van der Waals surface area contributed by atoms with E-state index < -0.39 is 21.8 Å². The van der Waals surface area contributed by atoms with Crippen LogP contribution < -0.4 is 0 Å². The van der Waals surface area contributed by atoms with E-state index in [9.17, 15) is 13.2 Å². The number of nitrogens with zero attached hydrogens (tertiary/aromatic N) is 1. The highest BCUT2D eigenvalue weighted by Crippen LogP contribution is 2.12. The van der Waals surface area contributed by atoms with Crippen LogP contribution in [-0.4, -0.2) is 55.3 Å². The summed E-state index contributed by atoms with van der Waals surface area (Å²) in [6.07, 6.45) is 0.297. The van der Waals surface area contributed by atoms with Crippen molar-refractivity contribution in [1.29, 1.82) is 0 Å². The van der Waals surface area contributed by atoms with Crippen molar-refractivity contribution in [3.05, 3.63) is 11.1 Å². The van der Waals surface area contributed by atoms with Gasteiger partial charge >= 0.3 is 5.97 Å². The summed E-state index contributed by atoms with van der Waals surface area (Å²) in [6, 6.07) is 0. The van der Waals surface area contributed by atoms with Gasteiger partial charge in [0.2, 0.25) is 0 Å². The molecule has 94 valence electrons. The Morgan fingerprint density at radius 1 is 1.31 bits per heavy atom. The molecule has 0 radical (unpaired) electrons. The van der Waals surface area contributed by atoms with Gasteiger partial charge in [0, 0.05) is 12.1 Å². The third-order valence-electron chi connectivity index (χ3n) is 2.07. The van der Waals surface area contributed by atoms with Crippen molar-refractivity contribution < 1.29 is 22.9 Å². The van der Waals surface area contributed by atoms with Crippen molar-refractivity contribution >= 4 is 16.1 Å². The fourth-order valence-corrected chi connectivity index (χ4v) is 1.90. The molecule has 0 aromatic heterocycles. The number of carboxylic acid groups (broad SMARTS) is 1. The fourth-order valence-electron chi connectivity index (χ4n) is 1.10. The highest BCUT2D eigenvalue weighted by molar-refractivity contribution is 7.86. The molecule has 6 nitrogen and oxygen atoms in total. The first-order valence-electron chi connectivity index (χ1n) is 4.65. The maximum atomic E-state index is 10.7. The summed E-state index contributed by atoms with van der Waals surface area (Å²) in [4.78, 5) is 12.5. The lowest BCUT2D eigenvalue weighted by molar-refractivity contribution is -0.132. The van der Waals surface area contributed by atoms with Gasteiger partial charge in [-0.3, -0.25) is 4.55 Å². The molecule has 0 aliphatic carbocycles. The van der Waals surface area contributed by atoms with E-state index in [1.165, 1.54) is 6.92 Å². The third kappa shape index (κ3) is 6.54. The molecule has 0 atom stereocenters. The van der Waals surface area contributed by atoms with Crippen LogP contribution in [0.5, 0.6) is 0 Å². The lowest BCUT2D eigenvalue weighted by Gasteiger charge is -2.12. The van der Waals surface area contributed by atoms with Crippen LogP contribution in [-0.2, 0) is 14.9 Å². The number of aliphatic carboxylic acids is 1. The van der Waals surface area contributed by atoms with Crippen LogP contribution in [0.3, 0.4) is 0 Å². The molecule has 0 aliphatic rings. The van der Waals surface area contributed by atoms with E-state index in [1.54, 1.807) is 19.0 Å². The van der Waals surface area contributed by atoms with E-state index in [2.05, 4.69) is 0 Å². The quantitative estimate of drug-likeness (QED) is 0.518. The van der Waals surface area contributed by atoms with E-state index in [0.717, 1.165) is 0 Å². The van der Waals surface area contributed by atoms with Gasteiger partial charge in [0.15, 0.2) is 0 Å². The van der Waals surface area contributed by atoms with Crippen LogP contribution in [0.4, 0.5) is 0 Å². The van der Waals surface area contributed by atoms with Crippen LogP contribution in [0.2, 0.25) is 0 Å². The minimum absolute atomic E-state index is 0.0283. The highest BCUT2D eigenvalue weighted by atomic mass is 32.2. The van der Waals surface area contributed by atoms with E-state index in [1.807, 2.05) is 0 Å². The smallest absolute Gasteiger partial charge is 0.331 e. The number of carboxylic acids is 1. The van der Waals surface area contributed by atoms with Gasteiger partial charge in [-0.2, -0.15) is 8.42 Å². The third-order valence-corrected chi connectivity index (χ3v) is 2.78. The van der Waals surface area contributed by atoms with Crippen molar-refractivity contribution in [2.75, 3.05) is 26.4 Å². The predicted octanol–water partition coefficient (Wildman–Crippen LogP) is 0.227. The molecule has 2 N–H and O–H groups in total. The number of carbonyl (C=O) groups is 1. The molecule has 0 saturated carbocycles. The average Bonchev–Trinajstić information content (AvgIpc) is 2.08. The van der Waals surface area contributed by atoms with Gasteiger partial charge < -0.3 is 10.0 Å². The van der Waals surface area contributed by atoms with Crippen LogP contribution in [0.1, 0.15) is 13.3 Å². The van der Waals surface area contributed by atoms with Crippen molar-refractivity contribution in [1.82, 2.24) is 4.90 Å². The van der Waals surface area contributed by atoms with Crippen LogP contribution in [0, 0.1) is 0 Å². The molecule has 0 aliphatic heterocycles. The van der Waals surface area contributed by atoms with Gasteiger partial charge in [-0.05, 0) is 33.0 Å². The lowest BCUT2D eigenvalue weighted by Crippen LogP contribution is -2.18. The number of hydrogen-bond donors (Lipinski definition) is 2. The highest BCUT2D eigenvalue weighted by Gasteiger charge is 2.15. The molecule has 0 heterocycles. The second-order valence-electron chi connectivity index (χ2n) is 3.81. The van der Waals surface area contributed by atoms with Crippen molar-refractivity contribution in [3.8, 4) is 0 Å². The zero-order chi connectivity index (χ0) is 12.9. The minimum Gasteiger partial charge on any atom is -0.478 e. The Labute approximate surface area is 95.3 Å². The van der Waals surface area contributed by atoms with Gasteiger partial charge in [0.05, 0.1) is 5.75 Å².